The average molecular weight is 388 g/mol. The van der Waals surface area contributed by atoms with E-state index < -0.39 is 23.6 Å². The first-order valence-electron chi connectivity index (χ1n) is 9.04. The van der Waals surface area contributed by atoms with Crippen LogP contribution in [0.5, 0.6) is 0 Å². The smallest absolute Gasteiger partial charge is 0.244 e. The van der Waals surface area contributed by atoms with Gasteiger partial charge in [-0.05, 0) is 42.0 Å². The Morgan fingerprint density at radius 1 is 1.21 bits per heavy atom. The first-order valence-corrected chi connectivity index (χ1v) is 9.04. The van der Waals surface area contributed by atoms with Crippen molar-refractivity contribution in [1.82, 2.24) is 5.32 Å². The van der Waals surface area contributed by atoms with Crippen LogP contribution in [0, 0.1) is 11.6 Å². The third-order valence-electron chi connectivity index (χ3n) is 4.52. The highest BCUT2D eigenvalue weighted by Crippen LogP contribution is 2.22. The summed E-state index contributed by atoms with van der Waals surface area (Å²) in [5.41, 5.74) is 1.72. The van der Waals surface area contributed by atoms with Gasteiger partial charge in [0, 0.05) is 30.4 Å². The monoisotopic (exact) mass is 388 g/mol. The van der Waals surface area contributed by atoms with Gasteiger partial charge in [0.05, 0.1) is 25.9 Å². The fraction of sp³-hybridized carbons (Fsp3) is 0.286. The molecule has 2 aromatic carbocycles. The molecule has 1 amide bonds. The average Bonchev–Trinajstić information content (AvgIpc) is 2.73. The van der Waals surface area contributed by atoms with Gasteiger partial charge in [-0.1, -0.05) is 12.1 Å². The molecule has 0 saturated carbocycles. The molecule has 1 fully saturated rings. The summed E-state index contributed by atoms with van der Waals surface area (Å²) < 4.78 is 32.2. The van der Waals surface area contributed by atoms with E-state index in [1.54, 1.807) is 0 Å². The number of hydrogen-bond donors (Lipinski definition) is 2. The Morgan fingerprint density at radius 3 is 2.75 bits per heavy atom. The van der Waals surface area contributed by atoms with Crippen LogP contribution in [0.4, 0.5) is 14.5 Å². The van der Waals surface area contributed by atoms with Crippen molar-refractivity contribution in [2.24, 2.45) is 0 Å². The van der Waals surface area contributed by atoms with Crippen molar-refractivity contribution < 1.29 is 23.4 Å². The number of aliphatic hydroxyl groups excluding tert-OH is 1. The van der Waals surface area contributed by atoms with E-state index in [-0.39, 0.29) is 12.2 Å². The lowest BCUT2D eigenvalue weighted by Gasteiger charge is -2.29. The van der Waals surface area contributed by atoms with E-state index in [0.717, 1.165) is 48.6 Å². The molecule has 1 aliphatic heterocycles. The summed E-state index contributed by atoms with van der Waals surface area (Å²) in [4.78, 5) is 14.4. The number of morpholine rings is 1. The Bertz CT molecular complexity index is 851. The molecule has 5 nitrogen and oxygen atoms in total. The van der Waals surface area contributed by atoms with E-state index in [1.807, 2.05) is 24.3 Å². The van der Waals surface area contributed by atoms with Crippen LogP contribution in [0.2, 0.25) is 0 Å². The molecule has 0 bridgehead atoms. The number of rotatable bonds is 6. The largest absolute Gasteiger partial charge is 0.394 e. The number of nitrogens with one attached hydrogen (secondary N) is 1. The second kappa shape index (κ2) is 9.43. The Labute approximate surface area is 162 Å². The molecule has 28 heavy (non-hydrogen) atoms. The van der Waals surface area contributed by atoms with Gasteiger partial charge < -0.3 is 20.1 Å². The van der Waals surface area contributed by atoms with E-state index in [9.17, 15) is 18.7 Å². The SMILES string of the molecule is O=C(/C=C/c1cc(F)ccc1F)NC(CO)c1cccc(N2CCOCC2)c1. The predicted octanol–water partition coefficient (Wildman–Crippen LogP) is 2.66. The maximum atomic E-state index is 13.6. The highest BCUT2D eigenvalue weighted by Gasteiger charge is 2.16. The van der Waals surface area contributed by atoms with Gasteiger partial charge in [0.2, 0.25) is 5.91 Å². The number of carbonyl (C=O) groups is 1. The topological polar surface area (TPSA) is 61.8 Å². The van der Waals surface area contributed by atoms with Gasteiger partial charge in [-0.25, -0.2) is 8.78 Å². The summed E-state index contributed by atoms with van der Waals surface area (Å²) in [6, 6.07) is 9.98. The highest BCUT2D eigenvalue weighted by molar-refractivity contribution is 5.92. The summed E-state index contributed by atoms with van der Waals surface area (Å²) in [5.74, 6) is -1.73. The lowest BCUT2D eigenvalue weighted by Crippen LogP contribution is -2.36. The molecule has 1 unspecified atom stereocenters. The fourth-order valence-electron chi connectivity index (χ4n) is 3.02. The predicted molar refractivity (Wildman–Crippen MR) is 103 cm³/mol. The number of carbonyl (C=O) groups excluding carboxylic acids is 1. The molecule has 0 radical (unpaired) electrons. The summed E-state index contributed by atoms with van der Waals surface area (Å²) in [6.45, 7) is 2.58. The van der Waals surface area contributed by atoms with Crippen LogP contribution in [-0.2, 0) is 9.53 Å². The van der Waals surface area contributed by atoms with E-state index in [2.05, 4.69) is 10.2 Å². The molecule has 1 saturated heterocycles. The molecule has 0 spiro atoms. The Morgan fingerprint density at radius 2 is 2.00 bits per heavy atom. The van der Waals surface area contributed by atoms with E-state index in [4.69, 9.17) is 4.74 Å². The number of aliphatic hydroxyl groups is 1. The fourth-order valence-corrected chi connectivity index (χ4v) is 3.02. The van der Waals surface area contributed by atoms with Gasteiger partial charge in [-0.2, -0.15) is 0 Å². The van der Waals surface area contributed by atoms with Crippen LogP contribution >= 0.6 is 0 Å². The van der Waals surface area contributed by atoms with Crippen molar-refractivity contribution in [3.8, 4) is 0 Å². The Hall–Kier alpha value is -2.77. The number of nitrogens with zero attached hydrogens (tertiary/aromatic N) is 1. The molecular formula is C21H22F2N2O3. The number of hydrogen-bond acceptors (Lipinski definition) is 4. The van der Waals surface area contributed by atoms with Crippen molar-refractivity contribution in [3.63, 3.8) is 0 Å². The minimum Gasteiger partial charge on any atom is -0.394 e. The summed E-state index contributed by atoms with van der Waals surface area (Å²) >= 11 is 0. The van der Waals surface area contributed by atoms with Crippen molar-refractivity contribution in [2.45, 2.75) is 6.04 Å². The van der Waals surface area contributed by atoms with Crippen molar-refractivity contribution >= 4 is 17.7 Å². The molecule has 148 valence electrons. The molecule has 2 aromatic rings. The Balaban J connectivity index is 1.68. The quantitative estimate of drug-likeness (QED) is 0.747. The van der Waals surface area contributed by atoms with Gasteiger partial charge in [0.15, 0.2) is 0 Å². The minimum atomic E-state index is -0.623. The second-order valence-corrected chi connectivity index (χ2v) is 6.44. The van der Waals surface area contributed by atoms with Crippen molar-refractivity contribution in [2.75, 3.05) is 37.8 Å². The lowest BCUT2D eigenvalue weighted by molar-refractivity contribution is -0.117. The summed E-state index contributed by atoms with van der Waals surface area (Å²) in [7, 11) is 0. The molecular weight excluding hydrogens is 366 g/mol. The maximum Gasteiger partial charge on any atom is 0.244 e. The zero-order chi connectivity index (χ0) is 19.9. The van der Waals surface area contributed by atoms with Gasteiger partial charge in [-0.15, -0.1) is 0 Å². The van der Waals surface area contributed by atoms with E-state index in [1.165, 1.54) is 6.08 Å². The molecule has 2 N–H and O–H groups in total. The van der Waals surface area contributed by atoms with Crippen LogP contribution in [-0.4, -0.2) is 43.9 Å². The Kier molecular flexibility index (Phi) is 6.73. The number of halogens is 2. The minimum absolute atomic E-state index is 0.0231. The molecule has 1 heterocycles. The van der Waals surface area contributed by atoms with Crippen LogP contribution in [0.1, 0.15) is 17.2 Å². The number of amides is 1. The zero-order valence-corrected chi connectivity index (χ0v) is 15.3. The standard InChI is InChI=1S/C21H22F2N2O3/c22-17-5-6-19(23)15(12-17)4-7-21(27)24-20(14-26)16-2-1-3-18(13-16)25-8-10-28-11-9-25/h1-7,12-13,20,26H,8-11,14H2,(H,24,27)/b7-4+. The van der Waals surface area contributed by atoms with Crippen LogP contribution in [0.3, 0.4) is 0 Å². The third kappa shape index (κ3) is 5.15. The van der Waals surface area contributed by atoms with Crippen LogP contribution in [0.25, 0.3) is 6.08 Å². The van der Waals surface area contributed by atoms with Crippen molar-refractivity contribution in [1.29, 1.82) is 0 Å². The lowest BCUT2D eigenvalue weighted by atomic mass is 10.1. The maximum absolute atomic E-state index is 13.6. The number of benzene rings is 2. The molecule has 0 aliphatic carbocycles. The highest BCUT2D eigenvalue weighted by atomic mass is 19.1. The summed E-state index contributed by atoms with van der Waals surface area (Å²) in [5, 5.41) is 12.4. The molecule has 1 atom stereocenters. The van der Waals surface area contributed by atoms with Gasteiger partial charge in [0.25, 0.3) is 0 Å². The van der Waals surface area contributed by atoms with Gasteiger partial charge in [-0.3, -0.25) is 4.79 Å². The second-order valence-electron chi connectivity index (χ2n) is 6.44. The molecule has 1 aliphatic rings. The first kappa shape index (κ1) is 20.0. The first-order chi connectivity index (χ1) is 13.6. The van der Waals surface area contributed by atoms with E-state index >= 15 is 0 Å². The van der Waals surface area contributed by atoms with Gasteiger partial charge in [0.1, 0.15) is 11.6 Å². The van der Waals surface area contributed by atoms with Crippen molar-refractivity contribution in [3.05, 3.63) is 71.3 Å². The van der Waals surface area contributed by atoms with Gasteiger partial charge >= 0.3 is 0 Å². The normalized spacial score (nSPS) is 15.6. The zero-order valence-electron chi connectivity index (χ0n) is 15.3. The van der Waals surface area contributed by atoms with Crippen LogP contribution in [0.15, 0.2) is 48.5 Å². The third-order valence-corrected chi connectivity index (χ3v) is 4.52. The number of ether oxygens (including phenoxy) is 1. The molecule has 7 heteroatoms. The molecule has 3 rings (SSSR count). The molecule has 0 aromatic heterocycles. The number of anilines is 1. The summed E-state index contributed by atoms with van der Waals surface area (Å²) in [6.07, 6.45) is 2.32. The van der Waals surface area contributed by atoms with Crippen LogP contribution < -0.4 is 10.2 Å². The van der Waals surface area contributed by atoms with E-state index in [0.29, 0.717) is 13.2 Å².